The molecule has 0 aliphatic rings. The predicted molar refractivity (Wildman–Crippen MR) is 63.0 cm³/mol. The third kappa shape index (κ3) is 3.68. The molecule has 21 heavy (non-hydrogen) atoms. The summed E-state index contributed by atoms with van der Waals surface area (Å²) in [5.74, 6) is -0.0908. The van der Waals surface area contributed by atoms with E-state index in [0.717, 1.165) is 6.07 Å². The van der Waals surface area contributed by atoms with Crippen molar-refractivity contribution >= 4 is 0 Å². The Bertz CT molecular complexity index is 616. The van der Waals surface area contributed by atoms with E-state index in [1.165, 1.54) is 12.1 Å². The van der Waals surface area contributed by atoms with E-state index in [-0.39, 0.29) is 11.5 Å². The Morgan fingerprint density at radius 2 is 1.19 bits per heavy atom. The second-order valence-electron chi connectivity index (χ2n) is 4.12. The van der Waals surface area contributed by atoms with Gasteiger partial charge in [0.25, 0.3) is 0 Å². The molecular weight excluding hydrogens is 298 g/mol. The van der Waals surface area contributed by atoms with E-state index in [1.807, 2.05) is 0 Å². The smallest absolute Gasteiger partial charge is 0.417 e. The fourth-order valence-corrected chi connectivity index (χ4v) is 1.69. The van der Waals surface area contributed by atoms with E-state index < -0.39 is 23.5 Å². The molecule has 0 unspecified atom stereocenters. The number of rotatable bonds is 2. The Morgan fingerprint density at radius 3 is 1.71 bits per heavy atom. The minimum atomic E-state index is -5.12. The maximum absolute atomic E-state index is 12.7. The molecule has 0 spiro atoms. The fourth-order valence-electron chi connectivity index (χ4n) is 1.69. The summed E-state index contributed by atoms with van der Waals surface area (Å²) in [6.45, 7) is 0. The largest absolute Gasteiger partial charge is 0.457 e. The van der Waals surface area contributed by atoms with Gasteiger partial charge in [0.05, 0.1) is 11.1 Å². The normalized spacial score (nSPS) is 12.3. The van der Waals surface area contributed by atoms with E-state index in [9.17, 15) is 26.3 Å². The highest BCUT2D eigenvalue weighted by atomic mass is 19.4. The summed E-state index contributed by atoms with van der Waals surface area (Å²) in [6.07, 6.45) is -10.2. The van der Waals surface area contributed by atoms with Crippen LogP contribution in [0, 0.1) is 0 Å². The molecule has 0 aliphatic heterocycles. The fraction of sp³-hybridized carbons (Fsp3) is 0.143. The minimum Gasteiger partial charge on any atom is -0.457 e. The van der Waals surface area contributed by atoms with Crippen molar-refractivity contribution in [1.29, 1.82) is 0 Å². The van der Waals surface area contributed by atoms with Crippen LogP contribution in [0.3, 0.4) is 0 Å². The highest BCUT2D eigenvalue weighted by molar-refractivity contribution is 5.41. The van der Waals surface area contributed by atoms with Crippen LogP contribution < -0.4 is 4.74 Å². The Hall–Kier alpha value is -2.18. The number of benzene rings is 2. The van der Waals surface area contributed by atoms with Gasteiger partial charge in [-0.15, -0.1) is 0 Å². The molecule has 0 aromatic heterocycles. The monoisotopic (exact) mass is 306 g/mol. The molecule has 0 radical (unpaired) electrons. The summed E-state index contributed by atoms with van der Waals surface area (Å²) >= 11 is 0. The molecule has 0 fully saturated rings. The third-order valence-electron chi connectivity index (χ3n) is 2.58. The average molecular weight is 306 g/mol. The van der Waals surface area contributed by atoms with Gasteiger partial charge in [0.1, 0.15) is 11.5 Å². The van der Waals surface area contributed by atoms with E-state index in [0.29, 0.717) is 12.1 Å². The van der Waals surface area contributed by atoms with E-state index in [1.54, 1.807) is 18.2 Å². The van der Waals surface area contributed by atoms with Gasteiger partial charge < -0.3 is 4.74 Å². The van der Waals surface area contributed by atoms with Crippen LogP contribution >= 0.6 is 0 Å². The van der Waals surface area contributed by atoms with Crippen LogP contribution in [0.1, 0.15) is 11.1 Å². The number of alkyl halides is 6. The Morgan fingerprint density at radius 1 is 0.619 bits per heavy atom. The summed E-state index contributed by atoms with van der Waals surface area (Å²) in [5.41, 5.74) is -3.51. The number of para-hydroxylation sites is 1. The van der Waals surface area contributed by atoms with Crippen LogP contribution in [0.15, 0.2) is 48.5 Å². The lowest BCUT2D eigenvalue weighted by molar-refractivity contribution is -0.162. The van der Waals surface area contributed by atoms with Crippen LogP contribution in [-0.2, 0) is 12.4 Å². The van der Waals surface area contributed by atoms with Crippen molar-refractivity contribution < 1.29 is 31.1 Å². The molecule has 1 nitrogen and oxygen atoms in total. The molecule has 2 aromatic carbocycles. The van der Waals surface area contributed by atoms with Crippen LogP contribution in [-0.4, -0.2) is 0 Å². The quantitative estimate of drug-likeness (QED) is 0.664. The van der Waals surface area contributed by atoms with Crippen LogP contribution in [0.2, 0.25) is 0 Å². The topological polar surface area (TPSA) is 9.23 Å². The number of hydrogen-bond acceptors (Lipinski definition) is 1. The second-order valence-corrected chi connectivity index (χ2v) is 4.12. The van der Waals surface area contributed by atoms with Gasteiger partial charge in [0.15, 0.2) is 0 Å². The lowest BCUT2D eigenvalue weighted by Crippen LogP contribution is -2.16. The predicted octanol–water partition coefficient (Wildman–Crippen LogP) is 5.52. The number of halogens is 6. The summed E-state index contributed by atoms with van der Waals surface area (Å²) in [6, 6.07) is 9.35. The van der Waals surface area contributed by atoms with Gasteiger partial charge in [-0.25, -0.2) is 0 Å². The van der Waals surface area contributed by atoms with Crippen molar-refractivity contribution in [3.05, 3.63) is 59.7 Å². The molecule has 2 aromatic rings. The second kappa shape index (κ2) is 5.31. The first-order chi connectivity index (χ1) is 9.68. The van der Waals surface area contributed by atoms with Crippen molar-refractivity contribution in [2.45, 2.75) is 12.4 Å². The average Bonchev–Trinajstić information content (AvgIpc) is 2.37. The van der Waals surface area contributed by atoms with Gasteiger partial charge >= 0.3 is 12.4 Å². The highest BCUT2D eigenvalue weighted by Crippen LogP contribution is 2.42. The van der Waals surface area contributed by atoms with Crippen molar-refractivity contribution in [1.82, 2.24) is 0 Å². The Kier molecular flexibility index (Phi) is 3.85. The molecule has 0 saturated carbocycles. The van der Waals surface area contributed by atoms with E-state index in [4.69, 9.17) is 4.74 Å². The summed E-state index contributed by atoms with van der Waals surface area (Å²) in [7, 11) is 0. The molecule has 0 atom stereocenters. The minimum absolute atomic E-state index is 0.227. The molecule has 112 valence electrons. The molecule has 2 rings (SSSR count). The van der Waals surface area contributed by atoms with E-state index >= 15 is 0 Å². The van der Waals surface area contributed by atoms with Crippen molar-refractivity contribution in [2.24, 2.45) is 0 Å². The first-order valence-corrected chi connectivity index (χ1v) is 5.69. The maximum atomic E-state index is 12.7. The molecule has 0 heterocycles. The summed E-state index contributed by atoms with van der Waals surface area (Å²) < 4.78 is 81.1. The molecule has 0 saturated heterocycles. The zero-order valence-corrected chi connectivity index (χ0v) is 10.3. The molecule has 7 heteroatoms. The Labute approximate surface area is 115 Å². The lowest BCUT2D eigenvalue weighted by atomic mass is 10.1. The summed E-state index contributed by atoms with van der Waals surface area (Å²) in [5, 5.41) is 0. The molecule has 0 bridgehead atoms. The Balaban J connectivity index is 2.43. The third-order valence-corrected chi connectivity index (χ3v) is 2.58. The molecular formula is C14H8F6O. The van der Waals surface area contributed by atoms with E-state index in [2.05, 4.69) is 0 Å². The lowest BCUT2D eigenvalue weighted by Gasteiger charge is -2.16. The van der Waals surface area contributed by atoms with Gasteiger partial charge in [0, 0.05) is 0 Å². The zero-order chi connectivity index (χ0) is 15.7. The first kappa shape index (κ1) is 15.2. The van der Waals surface area contributed by atoms with Crippen LogP contribution in [0.5, 0.6) is 11.5 Å². The summed E-state index contributed by atoms with van der Waals surface area (Å²) in [4.78, 5) is 0. The standard InChI is InChI=1S/C14H8F6O/c15-13(16,17)11-7-6-10(8-12(11)14(18,19)20)21-9-4-2-1-3-5-9/h1-8H. The van der Waals surface area contributed by atoms with Crippen molar-refractivity contribution in [3.8, 4) is 11.5 Å². The van der Waals surface area contributed by atoms with Crippen LogP contribution in [0.4, 0.5) is 26.3 Å². The number of hydrogen-bond donors (Lipinski definition) is 0. The first-order valence-electron chi connectivity index (χ1n) is 5.69. The molecule has 0 N–H and O–H groups in total. The maximum Gasteiger partial charge on any atom is 0.417 e. The van der Waals surface area contributed by atoms with Gasteiger partial charge in [-0.1, -0.05) is 18.2 Å². The highest BCUT2D eigenvalue weighted by Gasteiger charge is 2.43. The van der Waals surface area contributed by atoms with Gasteiger partial charge in [-0.3, -0.25) is 0 Å². The zero-order valence-electron chi connectivity index (χ0n) is 10.3. The molecule has 0 aliphatic carbocycles. The SMILES string of the molecule is FC(F)(F)c1ccc(Oc2ccccc2)cc1C(F)(F)F. The van der Waals surface area contributed by atoms with Crippen molar-refractivity contribution in [2.75, 3.05) is 0 Å². The van der Waals surface area contributed by atoms with Gasteiger partial charge in [0.2, 0.25) is 0 Å². The number of ether oxygens (including phenoxy) is 1. The van der Waals surface area contributed by atoms with Gasteiger partial charge in [-0.05, 0) is 30.3 Å². The van der Waals surface area contributed by atoms with Crippen molar-refractivity contribution in [3.63, 3.8) is 0 Å². The van der Waals surface area contributed by atoms with Crippen LogP contribution in [0.25, 0.3) is 0 Å². The van der Waals surface area contributed by atoms with Gasteiger partial charge in [-0.2, -0.15) is 26.3 Å². The molecule has 0 amide bonds.